The molecule has 0 unspecified atom stereocenters. The lowest BCUT2D eigenvalue weighted by Gasteiger charge is -2.27. The van der Waals surface area contributed by atoms with Crippen LogP contribution in [0, 0.1) is 0 Å². The summed E-state index contributed by atoms with van der Waals surface area (Å²) >= 11 is 0. The van der Waals surface area contributed by atoms with E-state index in [0.717, 1.165) is 35.9 Å². The van der Waals surface area contributed by atoms with E-state index < -0.39 is 0 Å². The predicted molar refractivity (Wildman–Crippen MR) is 104 cm³/mol. The lowest BCUT2D eigenvalue weighted by molar-refractivity contribution is 0.122. The van der Waals surface area contributed by atoms with Crippen molar-refractivity contribution in [3.63, 3.8) is 0 Å². The van der Waals surface area contributed by atoms with Crippen molar-refractivity contribution in [2.75, 3.05) is 31.2 Å². The van der Waals surface area contributed by atoms with Gasteiger partial charge in [0.15, 0.2) is 5.82 Å². The molecule has 0 amide bonds. The molecule has 0 bridgehead atoms. The molecule has 0 aliphatic carbocycles. The highest BCUT2D eigenvalue weighted by molar-refractivity contribution is 5.71. The Morgan fingerprint density at radius 1 is 1.00 bits per heavy atom. The first-order valence-electron chi connectivity index (χ1n) is 9.19. The summed E-state index contributed by atoms with van der Waals surface area (Å²) in [5, 5.41) is 22.2. The van der Waals surface area contributed by atoms with E-state index in [-0.39, 0.29) is 5.75 Å². The summed E-state index contributed by atoms with van der Waals surface area (Å²) in [6, 6.07) is 8.84. The molecule has 1 aliphatic rings. The molecule has 3 aromatic heterocycles. The highest BCUT2D eigenvalue weighted by Gasteiger charge is 2.19. The fourth-order valence-corrected chi connectivity index (χ4v) is 3.33. The van der Waals surface area contributed by atoms with E-state index in [1.165, 1.54) is 6.33 Å². The summed E-state index contributed by atoms with van der Waals surface area (Å²) in [6.45, 7) is 2.92. The van der Waals surface area contributed by atoms with Crippen LogP contribution in [0.15, 0.2) is 55.2 Å². The molecule has 4 aromatic rings. The summed E-state index contributed by atoms with van der Waals surface area (Å²) in [5.74, 6) is 1.66. The standard InChI is InChI=1S/C19H18N8O2/c28-15-3-1-14(2-4-15)19-16(26-6-5-22-24-26)12-23-27(19)18-11-17(20-13-21-18)25-7-9-29-10-8-25/h1-6,11-13,28H,7-10H2. The highest BCUT2D eigenvalue weighted by atomic mass is 16.5. The molecule has 146 valence electrons. The van der Waals surface area contributed by atoms with Gasteiger partial charge in [-0.15, -0.1) is 5.10 Å². The fraction of sp³-hybridized carbons (Fsp3) is 0.211. The Kier molecular flexibility index (Phi) is 4.37. The second-order valence-corrected chi connectivity index (χ2v) is 6.52. The van der Waals surface area contributed by atoms with Crippen LogP contribution in [0.1, 0.15) is 0 Å². The minimum atomic E-state index is 0.193. The summed E-state index contributed by atoms with van der Waals surface area (Å²) in [4.78, 5) is 11.0. The van der Waals surface area contributed by atoms with Gasteiger partial charge in [-0.2, -0.15) is 5.10 Å². The van der Waals surface area contributed by atoms with E-state index in [1.54, 1.807) is 40.1 Å². The molecule has 1 saturated heterocycles. The molecule has 1 aliphatic heterocycles. The van der Waals surface area contributed by atoms with E-state index in [0.29, 0.717) is 19.0 Å². The molecule has 1 aromatic carbocycles. The second-order valence-electron chi connectivity index (χ2n) is 6.52. The van der Waals surface area contributed by atoms with E-state index in [4.69, 9.17) is 4.74 Å². The van der Waals surface area contributed by atoms with Crippen molar-refractivity contribution < 1.29 is 9.84 Å². The van der Waals surface area contributed by atoms with Crippen LogP contribution in [0.5, 0.6) is 5.75 Å². The molecule has 29 heavy (non-hydrogen) atoms. The molecule has 0 spiro atoms. The maximum atomic E-state index is 9.69. The summed E-state index contributed by atoms with van der Waals surface area (Å²) in [6.07, 6.45) is 6.62. The molecule has 10 heteroatoms. The van der Waals surface area contributed by atoms with Crippen molar-refractivity contribution >= 4 is 5.82 Å². The van der Waals surface area contributed by atoms with E-state index >= 15 is 0 Å². The molecule has 5 rings (SSSR count). The molecule has 1 N–H and O–H groups in total. The Balaban J connectivity index is 1.63. The lowest BCUT2D eigenvalue weighted by Crippen LogP contribution is -2.36. The molecule has 4 heterocycles. The minimum absolute atomic E-state index is 0.193. The molecule has 1 fully saturated rings. The third-order valence-electron chi connectivity index (χ3n) is 4.75. The van der Waals surface area contributed by atoms with Crippen molar-refractivity contribution in [2.45, 2.75) is 0 Å². The van der Waals surface area contributed by atoms with Crippen LogP contribution in [0.25, 0.3) is 22.8 Å². The number of ether oxygens (including phenoxy) is 1. The smallest absolute Gasteiger partial charge is 0.159 e. The molecular weight excluding hydrogens is 372 g/mol. The Bertz CT molecular complexity index is 1100. The predicted octanol–water partition coefficient (Wildman–Crippen LogP) is 1.45. The Morgan fingerprint density at radius 2 is 1.79 bits per heavy atom. The normalized spacial score (nSPS) is 14.3. The highest BCUT2D eigenvalue weighted by Crippen LogP contribution is 2.30. The van der Waals surface area contributed by atoms with Crippen LogP contribution < -0.4 is 4.90 Å². The van der Waals surface area contributed by atoms with Gasteiger partial charge in [0, 0.05) is 24.7 Å². The van der Waals surface area contributed by atoms with Gasteiger partial charge in [0.1, 0.15) is 29.3 Å². The van der Waals surface area contributed by atoms with E-state index in [1.807, 2.05) is 18.2 Å². The number of morpholine rings is 1. The summed E-state index contributed by atoms with van der Waals surface area (Å²) in [7, 11) is 0. The van der Waals surface area contributed by atoms with Gasteiger partial charge in [-0.1, -0.05) is 5.21 Å². The molecule has 0 saturated carbocycles. The third kappa shape index (κ3) is 3.29. The SMILES string of the molecule is Oc1ccc(-c2c(-n3ccnn3)cnn2-c2cc(N3CCOCC3)ncn2)cc1. The number of phenolic OH excluding ortho intramolecular Hbond substituents is 1. The van der Waals surface area contributed by atoms with Gasteiger partial charge in [-0.05, 0) is 24.3 Å². The van der Waals surface area contributed by atoms with Crippen molar-refractivity contribution in [1.29, 1.82) is 0 Å². The van der Waals surface area contributed by atoms with E-state index in [2.05, 4.69) is 30.3 Å². The van der Waals surface area contributed by atoms with Crippen LogP contribution >= 0.6 is 0 Å². The average molecular weight is 390 g/mol. The number of phenols is 1. The van der Waals surface area contributed by atoms with Crippen molar-refractivity contribution in [3.05, 3.63) is 55.2 Å². The number of aromatic hydroxyl groups is 1. The first-order valence-corrected chi connectivity index (χ1v) is 9.19. The zero-order chi connectivity index (χ0) is 19.6. The van der Waals surface area contributed by atoms with Gasteiger partial charge in [0.05, 0.1) is 31.8 Å². The van der Waals surface area contributed by atoms with Crippen LogP contribution in [-0.4, -0.2) is 66.2 Å². The van der Waals surface area contributed by atoms with Gasteiger partial charge in [-0.25, -0.2) is 19.3 Å². The number of rotatable bonds is 4. The molecule has 10 nitrogen and oxygen atoms in total. The van der Waals surface area contributed by atoms with E-state index in [9.17, 15) is 5.11 Å². The van der Waals surface area contributed by atoms with Crippen LogP contribution in [0.4, 0.5) is 5.82 Å². The Hall–Kier alpha value is -3.79. The number of hydrogen-bond acceptors (Lipinski definition) is 8. The first kappa shape index (κ1) is 17.3. The Labute approximate surface area is 166 Å². The zero-order valence-corrected chi connectivity index (χ0v) is 15.5. The number of benzene rings is 1. The lowest BCUT2D eigenvalue weighted by atomic mass is 10.1. The van der Waals surface area contributed by atoms with Crippen LogP contribution in [0.3, 0.4) is 0 Å². The van der Waals surface area contributed by atoms with Crippen molar-refractivity contribution in [1.82, 2.24) is 34.7 Å². The largest absolute Gasteiger partial charge is 0.508 e. The maximum absolute atomic E-state index is 9.69. The molecular formula is C19H18N8O2. The fourth-order valence-electron chi connectivity index (χ4n) is 3.33. The second kappa shape index (κ2) is 7.32. The minimum Gasteiger partial charge on any atom is -0.508 e. The average Bonchev–Trinajstić information content (AvgIpc) is 3.45. The maximum Gasteiger partial charge on any atom is 0.159 e. The molecule has 0 atom stereocenters. The van der Waals surface area contributed by atoms with Gasteiger partial charge in [-0.3, -0.25) is 0 Å². The zero-order valence-electron chi connectivity index (χ0n) is 15.5. The van der Waals surface area contributed by atoms with Crippen LogP contribution in [-0.2, 0) is 4.74 Å². The van der Waals surface area contributed by atoms with Gasteiger partial charge in [0.25, 0.3) is 0 Å². The first-order chi connectivity index (χ1) is 14.3. The van der Waals surface area contributed by atoms with Crippen LogP contribution in [0.2, 0.25) is 0 Å². The number of hydrogen-bond donors (Lipinski definition) is 1. The van der Waals surface area contributed by atoms with Gasteiger partial charge in [0.2, 0.25) is 0 Å². The third-order valence-corrected chi connectivity index (χ3v) is 4.75. The summed E-state index contributed by atoms with van der Waals surface area (Å²) in [5.41, 5.74) is 2.39. The van der Waals surface area contributed by atoms with Gasteiger partial charge >= 0.3 is 0 Å². The number of aromatic nitrogens is 7. The van der Waals surface area contributed by atoms with Gasteiger partial charge < -0.3 is 14.7 Å². The number of nitrogens with zero attached hydrogens (tertiary/aromatic N) is 8. The number of anilines is 1. The molecule has 0 radical (unpaired) electrons. The monoisotopic (exact) mass is 390 g/mol. The quantitative estimate of drug-likeness (QED) is 0.558. The topological polar surface area (TPSA) is 107 Å². The summed E-state index contributed by atoms with van der Waals surface area (Å²) < 4.78 is 8.82. The van der Waals surface area contributed by atoms with Crippen molar-refractivity contribution in [3.8, 4) is 28.5 Å². The Morgan fingerprint density at radius 3 is 2.55 bits per heavy atom. The van der Waals surface area contributed by atoms with Crippen molar-refractivity contribution in [2.24, 2.45) is 0 Å².